The number of allylic oxidation sites excluding steroid dienone is 3. The number of para-hydroxylation sites is 1. The number of hydrogen-bond acceptors (Lipinski definition) is 8. The lowest BCUT2D eigenvalue weighted by atomic mass is 9.79. The fourth-order valence-corrected chi connectivity index (χ4v) is 4.38. The zero-order chi connectivity index (χ0) is 25.1. The fourth-order valence-electron chi connectivity index (χ4n) is 4.08. The van der Waals surface area contributed by atoms with Gasteiger partial charge in [-0.1, -0.05) is 18.2 Å². The number of thiocarbonyl (C=S) groups is 1. The van der Waals surface area contributed by atoms with E-state index in [1.807, 2.05) is 42.5 Å². The lowest BCUT2D eigenvalue weighted by Gasteiger charge is -2.41. The number of hydrogen-bond donors (Lipinski definition) is 3. The van der Waals surface area contributed by atoms with Gasteiger partial charge in [-0.25, -0.2) is 0 Å². The molecule has 2 aliphatic heterocycles. The summed E-state index contributed by atoms with van der Waals surface area (Å²) in [7, 11) is 3.04. The topological polar surface area (TPSA) is 143 Å². The maximum atomic E-state index is 10.1. The van der Waals surface area contributed by atoms with Gasteiger partial charge < -0.3 is 25.8 Å². The highest BCUT2D eigenvalue weighted by Gasteiger charge is 2.41. The van der Waals surface area contributed by atoms with Crippen LogP contribution in [-0.2, 0) is 0 Å². The predicted molar refractivity (Wildman–Crippen MR) is 132 cm³/mol. The molecule has 0 bridgehead atoms. The second-order valence-corrected chi connectivity index (χ2v) is 7.87. The Morgan fingerprint density at radius 2 is 1.63 bits per heavy atom. The second kappa shape index (κ2) is 9.48. The largest absolute Gasteiger partial charge is 0.497 e. The molecule has 2 aromatic carbocycles. The average Bonchev–Trinajstić information content (AvgIpc) is 2.88. The van der Waals surface area contributed by atoms with Crippen molar-refractivity contribution >= 4 is 23.0 Å². The van der Waals surface area contributed by atoms with Crippen LogP contribution in [0, 0.1) is 34.0 Å². The van der Waals surface area contributed by atoms with Crippen molar-refractivity contribution < 1.29 is 9.47 Å². The zero-order valence-electron chi connectivity index (χ0n) is 18.8. The Morgan fingerprint density at radius 1 is 1.00 bits per heavy atom. The van der Waals surface area contributed by atoms with Crippen LogP contribution in [0.3, 0.4) is 0 Å². The van der Waals surface area contributed by atoms with Crippen molar-refractivity contribution in [2.24, 2.45) is 5.73 Å². The maximum Gasteiger partial charge on any atom is 0.183 e. The molecule has 2 aliphatic rings. The highest BCUT2D eigenvalue weighted by molar-refractivity contribution is 7.80. The summed E-state index contributed by atoms with van der Waals surface area (Å²) in [4.78, 5) is 1.71. The summed E-state index contributed by atoms with van der Waals surface area (Å²) >= 11 is 5.63. The van der Waals surface area contributed by atoms with E-state index in [9.17, 15) is 15.8 Å². The van der Waals surface area contributed by atoms with E-state index in [2.05, 4.69) is 16.7 Å². The van der Waals surface area contributed by atoms with Crippen molar-refractivity contribution in [2.45, 2.75) is 5.92 Å². The van der Waals surface area contributed by atoms with E-state index in [1.165, 1.54) is 14.2 Å². The molecule has 0 spiro atoms. The standard InChI is InChI=1S/C25H19N7O2S/c1-33-17-8-14(9-18(10-17)34-2)20-19(13-28)23(29)31-24-21(20)22(15(11-26)12-27)30-25(35)32(24)16-6-4-3-5-7-16/h3-10,20,31H,29H2,1-2H3,(H,30,35). The van der Waals surface area contributed by atoms with Gasteiger partial charge in [-0.3, -0.25) is 4.90 Å². The Kier molecular flexibility index (Phi) is 6.28. The number of benzene rings is 2. The highest BCUT2D eigenvalue weighted by atomic mass is 32.1. The van der Waals surface area contributed by atoms with Crippen molar-refractivity contribution in [1.82, 2.24) is 10.6 Å². The Bertz CT molecular complexity index is 1400. The van der Waals surface area contributed by atoms with E-state index in [0.717, 1.165) is 5.69 Å². The first-order chi connectivity index (χ1) is 17.0. The molecule has 4 N–H and O–H groups in total. The molecule has 35 heavy (non-hydrogen) atoms. The molecule has 2 aromatic rings. The SMILES string of the molecule is COc1cc(OC)cc(C2C(C#N)=C(N)NC3=C2C(=C(C#N)C#N)NC(=S)N3c2ccccc2)c1. The molecule has 0 saturated carbocycles. The molecule has 2 heterocycles. The number of anilines is 1. The van der Waals surface area contributed by atoms with Gasteiger partial charge in [-0.2, -0.15) is 15.8 Å². The summed E-state index contributed by atoms with van der Waals surface area (Å²) in [6, 6.07) is 20.5. The van der Waals surface area contributed by atoms with Crippen LogP contribution in [0.5, 0.6) is 11.5 Å². The molecule has 9 nitrogen and oxygen atoms in total. The molecule has 1 unspecified atom stereocenters. The van der Waals surface area contributed by atoms with Crippen molar-refractivity contribution in [1.29, 1.82) is 15.8 Å². The number of nitrogens with one attached hydrogen (secondary N) is 2. The lowest BCUT2D eigenvalue weighted by molar-refractivity contribution is 0.393. The van der Waals surface area contributed by atoms with Crippen LogP contribution in [0.2, 0.25) is 0 Å². The number of nitrogens with zero attached hydrogens (tertiary/aromatic N) is 4. The summed E-state index contributed by atoms with van der Waals surface area (Å²) in [5, 5.41) is 35.9. The van der Waals surface area contributed by atoms with E-state index in [0.29, 0.717) is 28.5 Å². The van der Waals surface area contributed by atoms with E-state index >= 15 is 0 Å². The molecular formula is C25H19N7O2S. The summed E-state index contributed by atoms with van der Waals surface area (Å²) in [6.45, 7) is 0. The first kappa shape index (κ1) is 23.2. The number of dihydropyridines is 1. The number of nitriles is 3. The third-order valence-electron chi connectivity index (χ3n) is 5.62. The number of methoxy groups -OCH3 is 2. The summed E-state index contributed by atoms with van der Waals surface area (Å²) < 4.78 is 10.9. The molecule has 0 saturated heterocycles. The van der Waals surface area contributed by atoms with Crippen molar-refractivity contribution in [3.05, 3.63) is 88.2 Å². The zero-order valence-corrected chi connectivity index (χ0v) is 19.6. The minimum atomic E-state index is -0.770. The van der Waals surface area contributed by atoms with Crippen molar-refractivity contribution in [2.75, 3.05) is 19.1 Å². The Balaban J connectivity index is 2.10. The monoisotopic (exact) mass is 481 g/mol. The van der Waals surface area contributed by atoms with Crippen LogP contribution in [-0.4, -0.2) is 19.3 Å². The number of nitrogens with two attached hydrogens (primary N) is 1. The van der Waals surface area contributed by atoms with Gasteiger partial charge in [-0.15, -0.1) is 0 Å². The van der Waals surface area contributed by atoms with Crippen LogP contribution in [0.1, 0.15) is 11.5 Å². The van der Waals surface area contributed by atoms with Gasteiger partial charge in [0.1, 0.15) is 35.3 Å². The smallest absolute Gasteiger partial charge is 0.183 e. The second-order valence-electron chi connectivity index (χ2n) is 7.48. The van der Waals surface area contributed by atoms with Gasteiger partial charge in [0, 0.05) is 17.3 Å². The number of ether oxygens (including phenoxy) is 2. The predicted octanol–water partition coefficient (Wildman–Crippen LogP) is 2.99. The third-order valence-corrected chi connectivity index (χ3v) is 5.90. The van der Waals surface area contributed by atoms with Gasteiger partial charge in [0.15, 0.2) is 10.7 Å². The molecule has 4 rings (SSSR count). The van der Waals surface area contributed by atoms with Gasteiger partial charge >= 0.3 is 0 Å². The molecule has 0 fully saturated rings. The van der Waals surface area contributed by atoms with Gasteiger partial charge in [-0.05, 0) is 42.0 Å². The van der Waals surface area contributed by atoms with Gasteiger partial charge in [0.2, 0.25) is 0 Å². The van der Waals surface area contributed by atoms with Crippen LogP contribution >= 0.6 is 12.2 Å². The normalized spacial score (nSPS) is 16.8. The van der Waals surface area contributed by atoms with Gasteiger partial charge in [0.05, 0.1) is 37.5 Å². The maximum absolute atomic E-state index is 10.1. The molecule has 0 radical (unpaired) electrons. The average molecular weight is 482 g/mol. The van der Waals surface area contributed by atoms with Gasteiger partial charge in [0.25, 0.3) is 0 Å². The molecule has 1 atom stereocenters. The Morgan fingerprint density at radius 3 is 2.17 bits per heavy atom. The summed E-state index contributed by atoms with van der Waals surface area (Å²) in [6.07, 6.45) is 0. The Hall–Kier alpha value is -4.98. The van der Waals surface area contributed by atoms with E-state index in [1.54, 1.807) is 23.1 Å². The van der Waals surface area contributed by atoms with Crippen LogP contribution in [0.25, 0.3) is 0 Å². The van der Waals surface area contributed by atoms with Crippen molar-refractivity contribution in [3.63, 3.8) is 0 Å². The van der Waals surface area contributed by atoms with Crippen LogP contribution in [0.15, 0.2) is 82.6 Å². The van der Waals surface area contributed by atoms with Crippen molar-refractivity contribution in [3.8, 4) is 29.7 Å². The molecule has 0 aromatic heterocycles. The number of rotatable bonds is 4. The van der Waals surface area contributed by atoms with Crippen LogP contribution < -0.4 is 30.7 Å². The quantitative estimate of drug-likeness (QED) is 0.440. The van der Waals surface area contributed by atoms with Crippen LogP contribution in [0.4, 0.5) is 5.69 Å². The molecule has 0 amide bonds. The Labute approximate surface area is 207 Å². The first-order valence-electron chi connectivity index (χ1n) is 10.3. The van der Waals surface area contributed by atoms with E-state index < -0.39 is 5.92 Å². The minimum Gasteiger partial charge on any atom is -0.497 e. The van der Waals surface area contributed by atoms with E-state index in [-0.39, 0.29) is 27.8 Å². The molecule has 172 valence electrons. The summed E-state index contributed by atoms with van der Waals surface area (Å²) in [5.41, 5.74) is 8.35. The summed E-state index contributed by atoms with van der Waals surface area (Å²) in [5.74, 6) is 0.788. The molecule has 0 aliphatic carbocycles. The highest BCUT2D eigenvalue weighted by Crippen LogP contribution is 2.45. The lowest BCUT2D eigenvalue weighted by Crippen LogP contribution is -2.51. The third kappa shape index (κ3) is 3.97. The first-order valence-corrected chi connectivity index (χ1v) is 10.7. The fraction of sp³-hybridized carbons (Fsp3) is 0.120. The molecule has 10 heteroatoms. The molecular weight excluding hydrogens is 462 g/mol. The minimum absolute atomic E-state index is 0.124. The van der Waals surface area contributed by atoms with E-state index in [4.69, 9.17) is 27.4 Å².